The standard InChI is InChI=1S/C16H19NO3/c1-13-8-10-17(16(18)12-13)9-3-11-20-15-6-4-14(19-2)5-7-15/h4-8,10,12H,3,9,11H2,1-2H3. The Labute approximate surface area is 118 Å². The van der Waals surface area contributed by atoms with Gasteiger partial charge in [0, 0.05) is 18.8 Å². The second-order valence-electron chi connectivity index (χ2n) is 4.61. The molecule has 0 N–H and O–H groups in total. The van der Waals surface area contributed by atoms with E-state index in [1.165, 1.54) is 0 Å². The van der Waals surface area contributed by atoms with Crippen LogP contribution in [0.15, 0.2) is 47.4 Å². The van der Waals surface area contributed by atoms with Crippen LogP contribution in [0.5, 0.6) is 11.5 Å². The van der Waals surface area contributed by atoms with E-state index in [1.807, 2.05) is 43.5 Å². The quantitative estimate of drug-likeness (QED) is 0.760. The van der Waals surface area contributed by atoms with Gasteiger partial charge in [-0.15, -0.1) is 0 Å². The van der Waals surface area contributed by atoms with Crippen molar-refractivity contribution in [1.29, 1.82) is 0 Å². The van der Waals surface area contributed by atoms with Gasteiger partial charge in [0.25, 0.3) is 5.56 Å². The highest BCUT2D eigenvalue weighted by atomic mass is 16.5. The summed E-state index contributed by atoms with van der Waals surface area (Å²) >= 11 is 0. The maximum Gasteiger partial charge on any atom is 0.250 e. The first-order valence-electron chi connectivity index (χ1n) is 6.63. The summed E-state index contributed by atoms with van der Waals surface area (Å²) in [7, 11) is 1.63. The molecule has 4 heteroatoms. The molecule has 0 bridgehead atoms. The number of methoxy groups -OCH3 is 1. The number of pyridine rings is 1. The van der Waals surface area contributed by atoms with Crippen LogP contribution in [0.25, 0.3) is 0 Å². The van der Waals surface area contributed by atoms with Crippen LogP contribution in [0, 0.1) is 6.92 Å². The molecule has 0 atom stereocenters. The van der Waals surface area contributed by atoms with E-state index in [1.54, 1.807) is 17.7 Å². The minimum atomic E-state index is 0.0365. The van der Waals surface area contributed by atoms with Crippen LogP contribution in [0.2, 0.25) is 0 Å². The SMILES string of the molecule is COc1ccc(OCCCn2ccc(C)cc2=O)cc1. The van der Waals surface area contributed by atoms with Crippen molar-refractivity contribution in [1.82, 2.24) is 4.57 Å². The molecular formula is C16H19NO3. The van der Waals surface area contributed by atoms with Gasteiger partial charge in [-0.1, -0.05) is 0 Å². The number of ether oxygens (including phenoxy) is 2. The molecule has 106 valence electrons. The zero-order chi connectivity index (χ0) is 14.4. The highest BCUT2D eigenvalue weighted by Crippen LogP contribution is 2.17. The Hall–Kier alpha value is -2.23. The van der Waals surface area contributed by atoms with E-state index in [2.05, 4.69) is 0 Å². The van der Waals surface area contributed by atoms with Gasteiger partial charge in [-0.05, 0) is 49.2 Å². The minimum Gasteiger partial charge on any atom is -0.497 e. The molecule has 0 radical (unpaired) electrons. The topological polar surface area (TPSA) is 40.5 Å². The average molecular weight is 273 g/mol. The number of rotatable bonds is 6. The molecule has 0 fully saturated rings. The molecule has 0 saturated carbocycles. The molecule has 4 nitrogen and oxygen atoms in total. The van der Waals surface area contributed by atoms with Crippen LogP contribution in [0.3, 0.4) is 0 Å². The van der Waals surface area contributed by atoms with Gasteiger partial charge >= 0.3 is 0 Å². The number of aromatic nitrogens is 1. The van der Waals surface area contributed by atoms with E-state index < -0.39 is 0 Å². The molecule has 0 aliphatic heterocycles. The summed E-state index contributed by atoms with van der Waals surface area (Å²) in [5.74, 6) is 1.62. The van der Waals surface area contributed by atoms with E-state index in [4.69, 9.17) is 9.47 Å². The second-order valence-corrected chi connectivity index (χ2v) is 4.61. The highest BCUT2D eigenvalue weighted by molar-refractivity contribution is 5.31. The molecule has 0 spiro atoms. The van der Waals surface area contributed by atoms with Crippen molar-refractivity contribution in [2.75, 3.05) is 13.7 Å². The smallest absolute Gasteiger partial charge is 0.250 e. The Balaban J connectivity index is 1.79. The van der Waals surface area contributed by atoms with Gasteiger partial charge in [-0.25, -0.2) is 0 Å². The molecule has 1 aromatic carbocycles. The summed E-state index contributed by atoms with van der Waals surface area (Å²) in [4.78, 5) is 11.7. The molecule has 0 amide bonds. The molecule has 0 saturated heterocycles. The lowest BCUT2D eigenvalue weighted by atomic mass is 10.3. The Morgan fingerprint density at radius 3 is 2.45 bits per heavy atom. The first-order chi connectivity index (χ1) is 9.69. The fourth-order valence-corrected chi connectivity index (χ4v) is 1.89. The Morgan fingerprint density at radius 2 is 1.80 bits per heavy atom. The van der Waals surface area contributed by atoms with Crippen LogP contribution in [-0.2, 0) is 6.54 Å². The minimum absolute atomic E-state index is 0.0365. The third-order valence-electron chi connectivity index (χ3n) is 3.02. The first kappa shape index (κ1) is 14.2. The predicted octanol–water partition coefficient (Wildman–Crippen LogP) is 2.63. The monoisotopic (exact) mass is 273 g/mol. The molecule has 0 aliphatic carbocycles. The summed E-state index contributed by atoms with van der Waals surface area (Å²) in [6.45, 7) is 3.15. The van der Waals surface area contributed by atoms with Gasteiger partial charge < -0.3 is 14.0 Å². The van der Waals surface area contributed by atoms with E-state index in [9.17, 15) is 4.79 Å². The summed E-state index contributed by atoms with van der Waals surface area (Å²) in [5, 5.41) is 0. The second kappa shape index (κ2) is 6.80. The van der Waals surface area contributed by atoms with Crippen molar-refractivity contribution in [3.05, 3.63) is 58.5 Å². The van der Waals surface area contributed by atoms with Crippen molar-refractivity contribution in [2.24, 2.45) is 0 Å². The van der Waals surface area contributed by atoms with E-state index in [-0.39, 0.29) is 5.56 Å². The van der Waals surface area contributed by atoms with E-state index in [0.717, 1.165) is 23.5 Å². The third-order valence-corrected chi connectivity index (χ3v) is 3.02. The maximum absolute atomic E-state index is 11.7. The van der Waals surface area contributed by atoms with Crippen LogP contribution >= 0.6 is 0 Å². The van der Waals surface area contributed by atoms with Crippen LogP contribution in [-0.4, -0.2) is 18.3 Å². The number of aryl methyl sites for hydroxylation is 2. The fourth-order valence-electron chi connectivity index (χ4n) is 1.89. The molecule has 2 rings (SSSR count). The lowest BCUT2D eigenvalue weighted by molar-refractivity contribution is 0.300. The molecule has 0 unspecified atom stereocenters. The first-order valence-corrected chi connectivity index (χ1v) is 6.63. The van der Waals surface area contributed by atoms with Crippen molar-refractivity contribution < 1.29 is 9.47 Å². The number of benzene rings is 1. The van der Waals surface area contributed by atoms with Gasteiger partial charge in [-0.2, -0.15) is 0 Å². The highest BCUT2D eigenvalue weighted by Gasteiger charge is 1.98. The Bertz CT molecular complexity index is 602. The van der Waals surface area contributed by atoms with E-state index >= 15 is 0 Å². The summed E-state index contributed by atoms with van der Waals surface area (Å²) in [6, 6.07) is 11.0. The normalized spacial score (nSPS) is 10.3. The number of nitrogens with zero attached hydrogens (tertiary/aromatic N) is 1. The fraction of sp³-hybridized carbons (Fsp3) is 0.312. The average Bonchev–Trinajstić information content (AvgIpc) is 2.46. The lowest BCUT2D eigenvalue weighted by Gasteiger charge is -2.08. The molecule has 0 aliphatic rings. The van der Waals surface area contributed by atoms with Gasteiger partial charge in [0.05, 0.1) is 13.7 Å². The third kappa shape index (κ3) is 3.88. The lowest BCUT2D eigenvalue weighted by Crippen LogP contribution is -2.19. The van der Waals surface area contributed by atoms with Crippen molar-refractivity contribution in [2.45, 2.75) is 19.9 Å². The Kier molecular flexibility index (Phi) is 4.82. The maximum atomic E-state index is 11.7. The van der Waals surface area contributed by atoms with Crippen molar-refractivity contribution in [3.63, 3.8) is 0 Å². The summed E-state index contributed by atoms with van der Waals surface area (Å²) < 4.78 is 12.4. The molecule has 1 heterocycles. The van der Waals surface area contributed by atoms with Crippen LogP contribution in [0.1, 0.15) is 12.0 Å². The van der Waals surface area contributed by atoms with Gasteiger partial charge in [0.1, 0.15) is 11.5 Å². The van der Waals surface area contributed by atoms with Gasteiger partial charge in [-0.3, -0.25) is 4.79 Å². The summed E-state index contributed by atoms with van der Waals surface area (Å²) in [6.07, 6.45) is 2.61. The number of hydrogen-bond acceptors (Lipinski definition) is 3. The molecule has 2 aromatic rings. The van der Waals surface area contributed by atoms with Crippen LogP contribution in [0.4, 0.5) is 0 Å². The van der Waals surface area contributed by atoms with Crippen LogP contribution < -0.4 is 15.0 Å². The largest absolute Gasteiger partial charge is 0.497 e. The zero-order valence-electron chi connectivity index (χ0n) is 11.8. The van der Waals surface area contributed by atoms with E-state index in [0.29, 0.717) is 13.2 Å². The predicted molar refractivity (Wildman–Crippen MR) is 78.5 cm³/mol. The molecule has 1 aromatic heterocycles. The number of hydrogen-bond donors (Lipinski definition) is 0. The van der Waals surface area contributed by atoms with Crippen molar-refractivity contribution in [3.8, 4) is 11.5 Å². The zero-order valence-corrected chi connectivity index (χ0v) is 11.8. The Morgan fingerprint density at radius 1 is 1.10 bits per heavy atom. The summed E-state index contributed by atoms with van der Waals surface area (Å²) in [5.41, 5.74) is 1.02. The van der Waals surface area contributed by atoms with Gasteiger partial charge in [0.2, 0.25) is 0 Å². The molecule has 20 heavy (non-hydrogen) atoms. The molecular weight excluding hydrogens is 254 g/mol. The van der Waals surface area contributed by atoms with Crippen molar-refractivity contribution >= 4 is 0 Å². The van der Waals surface area contributed by atoms with Gasteiger partial charge in [0.15, 0.2) is 0 Å².